The number of nitrogens with zero attached hydrogens (tertiary/aromatic N) is 2. The summed E-state index contributed by atoms with van der Waals surface area (Å²) in [7, 11) is 0. The second-order valence-corrected chi connectivity index (χ2v) is 5.22. The van der Waals surface area contributed by atoms with Gasteiger partial charge in [0, 0.05) is 36.0 Å². The number of hydrogen-bond acceptors (Lipinski definition) is 4. The molecule has 20 heavy (non-hydrogen) atoms. The standard InChI is InChI=1S/C15H20N2O3/c1-2-13-6-4-3-5-9-16(13)15-8-7-14(17(19)20)10-12(15)11-18/h7-8,10-11,13H,2-6,9H2,1H3. The summed E-state index contributed by atoms with van der Waals surface area (Å²) in [6.45, 7) is 3.06. The van der Waals surface area contributed by atoms with Crippen LogP contribution in [-0.4, -0.2) is 23.8 Å². The van der Waals surface area contributed by atoms with Crippen LogP contribution in [0.5, 0.6) is 0 Å². The van der Waals surface area contributed by atoms with Gasteiger partial charge in [0.15, 0.2) is 6.29 Å². The Morgan fingerprint density at radius 2 is 2.20 bits per heavy atom. The molecular formula is C15H20N2O3. The lowest BCUT2D eigenvalue weighted by Gasteiger charge is -2.32. The van der Waals surface area contributed by atoms with E-state index in [4.69, 9.17) is 0 Å². The highest BCUT2D eigenvalue weighted by atomic mass is 16.6. The van der Waals surface area contributed by atoms with Gasteiger partial charge in [-0.25, -0.2) is 0 Å². The molecule has 1 aromatic rings. The summed E-state index contributed by atoms with van der Waals surface area (Å²) in [5.41, 5.74) is 1.22. The second kappa shape index (κ2) is 6.50. The van der Waals surface area contributed by atoms with Crippen LogP contribution in [0, 0.1) is 10.1 Å². The molecule has 1 heterocycles. The Hall–Kier alpha value is -1.91. The van der Waals surface area contributed by atoms with Gasteiger partial charge in [0.25, 0.3) is 5.69 Å². The largest absolute Gasteiger partial charge is 0.368 e. The summed E-state index contributed by atoms with van der Waals surface area (Å²) >= 11 is 0. The van der Waals surface area contributed by atoms with Crippen molar-refractivity contribution in [3.8, 4) is 0 Å². The number of aldehydes is 1. The van der Waals surface area contributed by atoms with Crippen LogP contribution in [0.15, 0.2) is 18.2 Å². The number of benzene rings is 1. The molecule has 0 bridgehead atoms. The average Bonchev–Trinajstić information content (AvgIpc) is 2.71. The lowest BCUT2D eigenvalue weighted by molar-refractivity contribution is -0.384. The van der Waals surface area contributed by atoms with Crippen molar-refractivity contribution in [2.45, 2.75) is 45.1 Å². The molecule has 1 aromatic carbocycles. The Kier molecular flexibility index (Phi) is 4.71. The van der Waals surface area contributed by atoms with Crippen LogP contribution in [0.25, 0.3) is 0 Å². The number of nitro groups is 1. The first-order valence-corrected chi connectivity index (χ1v) is 7.17. The van der Waals surface area contributed by atoms with Gasteiger partial charge in [-0.1, -0.05) is 19.8 Å². The summed E-state index contributed by atoms with van der Waals surface area (Å²) < 4.78 is 0. The number of rotatable bonds is 4. The van der Waals surface area contributed by atoms with Gasteiger partial charge in [0.05, 0.1) is 4.92 Å². The molecule has 0 aromatic heterocycles. The van der Waals surface area contributed by atoms with E-state index in [9.17, 15) is 14.9 Å². The Morgan fingerprint density at radius 3 is 2.85 bits per heavy atom. The fourth-order valence-corrected chi connectivity index (χ4v) is 2.93. The molecule has 108 valence electrons. The number of anilines is 1. The van der Waals surface area contributed by atoms with E-state index in [1.807, 2.05) is 0 Å². The average molecular weight is 276 g/mol. The highest BCUT2D eigenvalue weighted by molar-refractivity contribution is 5.86. The van der Waals surface area contributed by atoms with Crippen molar-refractivity contribution < 1.29 is 9.72 Å². The van der Waals surface area contributed by atoms with Crippen molar-refractivity contribution in [2.24, 2.45) is 0 Å². The van der Waals surface area contributed by atoms with Crippen LogP contribution in [0.3, 0.4) is 0 Å². The van der Waals surface area contributed by atoms with Gasteiger partial charge >= 0.3 is 0 Å². The lowest BCUT2D eigenvalue weighted by Crippen LogP contribution is -2.35. The van der Waals surface area contributed by atoms with Gasteiger partial charge in [-0.15, -0.1) is 0 Å². The normalized spacial score (nSPS) is 19.4. The molecule has 5 heteroatoms. The minimum atomic E-state index is -0.462. The Bertz CT molecular complexity index is 502. The summed E-state index contributed by atoms with van der Waals surface area (Å²) in [6.07, 6.45) is 6.38. The molecule has 1 fully saturated rings. The monoisotopic (exact) mass is 276 g/mol. The molecular weight excluding hydrogens is 256 g/mol. The van der Waals surface area contributed by atoms with Gasteiger partial charge in [-0.2, -0.15) is 0 Å². The van der Waals surface area contributed by atoms with Crippen molar-refractivity contribution >= 4 is 17.7 Å². The van der Waals surface area contributed by atoms with Gasteiger partial charge < -0.3 is 4.90 Å². The third-order valence-electron chi connectivity index (χ3n) is 4.01. The van der Waals surface area contributed by atoms with Crippen LogP contribution < -0.4 is 4.90 Å². The van der Waals surface area contributed by atoms with Crippen LogP contribution >= 0.6 is 0 Å². The van der Waals surface area contributed by atoms with Gasteiger partial charge in [-0.3, -0.25) is 14.9 Å². The molecule has 1 aliphatic rings. The van der Waals surface area contributed by atoms with E-state index in [2.05, 4.69) is 11.8 Å². The predicted octanol–water partition coefficient (Wildman–Crippen LogP) is 3.57. The smallest absolute Gasteiger partial charge is 0.270 e. The zero-order valence-corrected chi connectivity index (χ0v) is 11.7. The van der Waals surface area contributed by atoms with Crippen molar-refractivity contribution in [1.29, 1.82) is 0 Å². The minimum absolute atomic E-state index is 0.0290. The third-order valence-corrected chi connectivity index (χ3v) is 4.01. The minimum Gasteiger partial charge on any atom is -0.368 e. The first-order chi connectivity index (χ1) is 9.67. The van der Waals surface area contributed by atoms with Crippen LogP contribution in [0.1, 0.15) is 49.4 Å². The fraction of sp³-hybridized carbons (Fsp3) is 0.533. The van der Waals surface area contributed by atoms with Crippen LogP contribution in [0.4, 0.5) is 11.4 Å². The molecule has 0 radical (unpaired) electrons. The molecule has 1 atom stereocenters. The van der Waals surface area contributed by atoms with E-state index in [0.29, 0.717) is 11.6 Å². The topological polar surface area (TPSA) is 63.4 Å². The Morgan fingerprint density at radius 1 is 1.40 bits per heavy atom. The van der Waals surface area contributed by atoms with E-state index >= 15 is 0 Å². The first-order valence-electron chi connectivity index (χ1n) is 7.17. The number of carbonyl (C=O) groups is 1. The summed E-state index contributed by atoms with van der Waals surface area (Å²) in [4.78, 5) is 23.9. The van der Waals surface area contributed by atoms with Gasteiger partial charge in [-0.05, 0) is 25.3 Å². The molecule has 5 nitrogen and oxygen atoms in total. The SMILES string of the molecule is CCC1CCCCCN1c1ccc([N+](=O)[O-])cc1C=O. The van der Waals surface area contributed by atoms with Gasteiger partial charge in [0.1, 0.15) is 0 Å². The highest BCUT2D eigenvalue weighted by Crippen LogP contribution is 2.30. The fourth-order valence-electron chi connectivity index (χ4n) is 2.93. The maximum absolute atomic E-state index is 11.3. The number of hydrogen-bond donors (Lipinski definition) is 0. The number of non-ortho nitro benzene ring substituents is 1. The third kappa shape index (κ3) is 2.98. The van der Waals surface area contributed by atoms with E-state index < -0.39 is 4.92 Å². The van der Waals surface area contributed by atoms with E-state index in [0.717, 1.165) is 37.8 Å². The van der Waals surface area contributed by atoms with E-state index in [1.165, 1.54) is 25.0 Å². The van der Waals surface area contributed by atoms with Crippen LogP contribution in [-0.2, 0) is 0 Å². The van der Waals surface area contributed by atoms with Crippen molar-refractivity contribution in [2.75, 3.05) is 11.4 Å². The number of carbonyl (C=O) groups excluding carboxylic acids is 1. The maximum Gasteiger partial charge on any atom is 0.270 e. The Balaban J connectivity index is 2.38. The van der Waals surface area contributed by atoms with E-state index in [-0.39, 0.29) is 5.69 Å². The van der Waals surface area contributed by atoms with Crippen LogP contribution in [0.2, 0.25) is 0 Å². The molecule has 0 amide bonds. The summed E-state index contributed by atoms with van der Waals surface area (Å²) in [6, 6.07) is 4.99. The van der Waals surface area contributed by atoms with Crippen molar-refractivity contribution in [3.63, 3.8) is 0 Å². The quantitative estimate of drug-likeness (QED) is 0.479. The predicted molar refractivity (Wildman–Crippen MR) is 78.4 cm³/mol. The molecule has 1 aliphatic heterocycles. The molecule has 0 saturated carbocycles. The summed E-state index contributed by atoms with van der Waals surface area (Å²) in [5.74, 6) is 0. The second-order valence-electron chi connectivity index (χ2n) is 5.22. The first kappa shape index (κ1) is 14.5. The van der Waals surface area contributed by atoms with Crippen molar-refractivity contribution in [1.82, 2.24) is 0 Å². The molecule has 1 unspecified atom stereocenters. The molecule has 2 rings (SSSR count). The highest BCUT2D eigenvalue weighted by Gasteiger charge is 2.23. The van der Waals surface area contributed by atoms with Gasteiger partial charge in [0.2, 0.25) is 0 Å². The molecule has 1 saturated heterocycles. The zero-order valence-electron chi connectivity index (χ0n) is 11.7. The van der Waals surface area contributed by atoms with Crippen molar-refractivity contribution in [3.05, 3.63) is 33.9 Å². The van der Waals surface area contributed by atoms with E-state index in [1.54, 1.807) is 6.07 Å². The number of nitro benzene ring substituents is 1. The molecule has 0 N–H and O–H groups in total. The lowest BCUT2D eigenvalue weighted by atomic mass is 10.1. The molecule has 0 aliphatic carbocycles. The molecule has 0 spiro atoms. The Labute approximate surface area is 118 Å². The maximum atomic E-state index is 11.3. The zero-order chi connectivity index (χ0) is 14.5. The summed E-state index contributed by atoms with van der Waals surface area (Å²) in [5, 5.41) is 10.8.